The lowest BCUT2D eigenvalue weighted by Crippen LogP contribution is -2.30. The second-order valence-corrected chi connectivity index (χ2v) is 6.81. The lowest BCUT2D eigenvalue weighted by Gasteiger charge is -2.28. The highest BCUT2D eigenvalue weighted by atomic mass is 16.5. The number of nitrogens with zero attached hydrogens (tertiary/aromatic N) is 3. The van der Waals surface area contributed by atoms with Gasteiger partial charge in [-0.25, -0.2) is 9.97 Å². The first-order chi connectivity index (χ1) is 12.2. The van der Waals surface area contributed by atoms with Crippen molar-refractivity contribution < 1.29 is 4.74 Å². The molecule has 1 aliphatic rings. The Morgan fingerprint density at radius 1 is 0.840 bits per heavy atom. The number of aromatic nitrogens is 2. The lowest BCUT2D eigenvalue weighted by molar-refractivity contribution is 0.456. The number of benzene rings is 2. The van der Waals surface area contributed by atoms with Crippen LogP contribution in [0.3, 0.4) is 0 Å². The van der Waals surface area contributed by atoms with Crippen LogP contribution in [0.1, 0.15) is 30.4 Å². The molecular formula is C21H23N3O. The van der Waals surface area contributed by atoms with Gasteiger partial charge in [-0.1, -0.05) is 18.2 Å². The molecule has 1 aromatic heterocycles. The van der Waals surface area contributed by atoms with Crippen molar-refractivity contribution in [3.05, 3.63) is 53.6 Å². The number of piperidine rings is 1. The van der Waals surface area contributed by atoms with Crippen LogP contribution in [0, 0.1) is 13.8 Å². The monoisotopic (exact) mass is 333 g/mol. The Balaban J connectivity index is 1.79. The van der Waals surface area contributed by atoms with E-state index in [4.69, 9.17) is 14.7 Å². The summed E-state index contributed by atoms with van der Waals surface area (Å²) in [5, 5.41) is 0. The topological polar surface area (TPSA) is 38.3 Å². The maximum atomic E-state index is 6.22. The number of rotatable bonds is 3. The fourth-order valence-corrected chi connectivity index (χ4v) is 3.46. The van der Waals surface area contributed by atoms with E-state index in [1.54, 1.807) is 0 Å². The molecule has 128 valence electrons. The van der Waals surface area contributed by atoms with Gasteiger partial charge < -0.3 is 9.64 Å². The molecule has 0 unspecified atom stereocenters. The summed E-state index contributed by atoms with van der Waals surface area (Å²) in [5.74, 6) is 2.28. The van der Waals surface area contributed by atoms with E-state index in [2.05, 4.69) is 24.8 Å². The molecule has 4 rings (SSSR count). The van der Waals surface area contributed by atoms with E-state index >= 15 is 0 Å². The number of para-hydroxylation sites is 2. The zero-order valence-electron chi connectivity index (χ0n) is 14.8. The van der Waals surface area contributed by atoms with Crippen LogP contribution in [0.4, 0.5) is 5.82 Å². The van der Waals surface area contributed by atoms with Crippen molar-refractivity contribution in [2.45, 2.75) is 33.1 Å². The van der Waals surface area contributed by atoms with Gasteiger partial charge >= 0.3 is 0 Å². The fraction of sp³-hybridized carbons (Fsp3) is 0.333. The van der Waals surface area contributed by atoms with E-state index in [-0.39, 0.29) is 0 Å². The molecule has 0 atom stereocenters. The average Bonchev–Trinajstić information content (AvgIpc) is 2.61. The SMILES string of the molecule is Cc1cc(C)cc(Oc2nc3ccccc3nc2N2CCCCC2)c1. The van der Waals surface area contributed by atoms with Crippen LogP contribution in [0.25, 0.3) is 11.0 Å². The van der Waals surface area contributed by atoms with Crippen molar-refractivity contribution in [2.24, 2.45) is 0 Å². The first kappa shape index (κ1) is 15.9. The van der Waals surface area contributed by atoms with Gasteiger partial charge in [-0.05, 0) is 68.5 Å². The first-order valence-corrected chi connectivity index (χ1v) is 8.97. The molecule has 2 aromatic carbocycles. The number of hydrogen-bond acceptors (Lipinski definition) is 4. The minimum Gasteiger partial charge on any atom is -0.436 e. The zero-order valence-corrected chi connectivity index (χ0v) is 14.8. The van der Waals surface area contributed by atoms with Crippen molar-refractivity contribution in [3.8, 4) is 11.6 Å². The van der Waals surface area contributed by atoms with Gasteiger partial charge in [-0.2, -0.15) is 0 Å². The number of aryl methyl sites for hydroxylation is 2. The van der Waals surface area contributed by atoms with E-state index in [1.807, 2.05) is 36.4 Å². The van der Waals surface area contributed by atoms with Crippen molar-refractivity contribution in [1.82, 2.24) is 9.97 Å². The molecule has 0 spiro atoms. The molecule has 0 aliphatic carbocycles. The summed E-state index contributed by atoms with van der Waals surface area (Å²) in [5.41, 5.74) is 4.14. The molecule has 1 aliphatic heterocycles. The van der Waals surface area contributed by atoms with Gasteiger partial charge in [0.05, 0.1) is 11.0 Å². The predicted octanol–water partition coefficient (Wildman–Crippen LogP) is 5.03. The van der Waals surface area contributed by atoms with E-state index in [1.165, 1.54) is 30.4 Å². The molecule has 25 heavy (non-hydrogen) atoms. The van der Waals surface area contributed by atoms with Gasteiger partial charge in [0, 0.05) is 13.1 Å². The van der Waals surface area contributed by atoms with Gasteiger partial charge in [0.15, 0.2) is 5.82 Å². The molecule has 1 fully saturated rings. The standard InChI is InChI=1S/C21H23N3O/c1-15-12-16(2)14-17(13-15)25-21-20(24-10-6-3-7-11-24)22-18-8-4-5-9-19(18)23-21/h4-5,8-9,12-14H,3,6-7,10-11H2,1-2H3. The normalized spacial score (nSPS) is 14.7. The van der Waals surface area contributed by atoms with Crippen molar-refractivity contribution in [3.63, 3.8) is 0 Å². The molecule has 2 heterocycles. The van der Waals surface area contributed by atoms with Crippen molar-refractivity contribution in [1.29, 1.82) is 0 Å². The van der Waals surface area contributed by atoms with Crippen LogP contribution >= 0.6 is 0 Å². The molecule has 0 amide bonds. The second-order valence-electron chi connectivity index (χ2n) is 6.81. The van der Waals surface area contributed by atoms with E-state index < -0.39 is 0 Å². The van der Waals surface area contributed by atoms with Crippen LogP contribution in [-0.2, 0) is 0 Å². The Labute approximate surface area is 148 Å². The highest BCUT2D eigenvalue weighted by Gasteiger charge is 2.20. The maximum absolute atomic E-state index is 6.22. The van der Waals surface area contributed by atoms with Gasteiger partial charge in [0.2, 0.25) is 0 Å². The largest absolute Gasteiger partial charge is 0.436 e. The number of fused-ring (bicyclic) bond motifs is 1. The maximum Gasteiger partial charge on any atom is 0.263 e. The van der Waals surface area contributed by atoms with E-state index in [0.717, 1.165) is 35.7 Å². The summed E-state index contributed by atoms with van der Waals surface area (Å²) in [6.45, 7) is 6.18. The molecule has 0 N–H and O–H groups in total. The molecule has 4 nitrogen and oxygen atoms in total. The van der Waals surface area contributed by atoms with Gasteiger partial charge in [0.1, 0.15) is 5.75 Å². The average molecular weight is 333 g/mol. The molecule has 0 radical (unpaired) electrons. The third-order valence-electron chi connectivity index (χ3n) is 4.59. The predicted molar refractivity (Wildman–Crippen MR) is 102 cm³/mol. The Morgan fingerprint density at radius 3 is 2.16 bits per heavy atom. The van der Waals surface area contributed by atoms with Gasteiger partial charge in [-0.3, -0.25) is 0 Å². The van der Waals surface area contributed by atoms with Crippen LogP contribution in [0.15, 0.2) is 42.5 Å². The number of hydrogen-bond donors (Lipinski definition) is 0. The smallest absolute Gasteiger partial charge is 0.263 e. The van der Waals surface area contributed by atoms with Gasteiger partial charge in [0.25, 0.3) is 5.88 Å². The molecular weight excluding hydrogens is 310 g/mol. The van der Waals surface area contributed by atoms with E-state index in [9.17, 15) is 0 Å². The molecule has 0 bridgehead atoms. The van der Waals surface area contributed by atoms with Crippen LogP contribution in [-0.4, -0.2) is 23.1 Å². The van der Waals surface area contributed by atoms with Crippen molar-refractivity contribution >= 4 is 16.9 Å². The third-order valence-corrected chi connectivity index (χ3v) is 4.59. The Morgan fingerprint density at radius 2 is 1.48 bits per heavy atom. The summed E-state index contributed by atoms with van der Waals surface area (Å²) < 4.78 is 6.22. The molecule has 3 aromatic rings. The van der Waals surface area contributed by atoms with E-state index in [0.29, 0.717) is 5.88 Å². The summed E-state index contributed by atoms with van der Waals surface area (Å²) in [6.07, 6.45) is 3.67. The summed E-state index contributed by atoms with van der Waals surface area (Å²) in [4.78, 5) is 12.0. The molecule has 1 saturated heterocycles. The Hall–Kier alpha value is -2.62. The summed E-state index contributed by atoms with van der Waals surface area (Å²) >= 11 is 0. The Bertz CT molecular complexity index is 881. The van der Waals surface area contributed by atoms with Crippen LogP contribution < -0.4 is 9.64 Å². The molecule has 4 heteroatoms. The van der Waals surface area contributed by atoms with Crippen LogP contribution in [0.5, 0.6) is 11.6 Å². The number of ether oxygens (including phenoxy) is 1. The summed E-state index contributed by atoms with van der Waals surface area (Å²) in [6, 6.07) is 14.2. The van der Waals surface area contributed by atoms with Crippen LogP contribution in [0.2, 0.25) is 0 Å². The van der Waals surface area contributed by atoms with Crippen molar-refractivity contribution in [2.75, 3.05) is 18.0 Å². The first-order valence-electron chi connectivity index (χ1n) is 8.97. The molecule has 0 saturated carbocycles. The lowest BCUT2D eigenvalue weighted by atomic mass is 10.1. The quantitative estimate of drug-likeness (QED) is 0.674. The fourth-order valence-electron chi connectivity index (χ4n) is 3.46. The zero-order chi connectivity index (χ0) is 17.2. The highest BCUT2D eigenvalue weighted by Crippen LogP contribution is 2.33. The number of anilines is 1. The Kier molecular flexibility index (Phi) is 4.26. The van der Waals surface area contributed by atoms with Gasteiger partial charge in [-0.15, -0.1) is 0 Å². The highest BCUT2D eigenvalue weighted by molar-refractivity contribution is 5.77. The second kappa shape index (κ2) is 6.71. The minimum absolute atomic E-state index is 0.602. The minimum atomic E-state index is 0.602. The summed E-state index contributed by atoms with van der Waals surface area (Å²) in [7, 11) is 0. The third kappa shape index (κ3) is 3.43.